The first-order chi connectivity index (χ1) is 11.4. The van der Waals surface area contributed by atoms with Crippen molar-refractivity contribution in [2.24, 2.45) is 0 Å². The highest BCUT2D eigenvalue weighted by atomic mass is 32.2. The highest BCUT2D eigenvalue weighted by Crippen LogP contribution is 2.36. The topological polar surface area (TPSA) is 57.7 Å². The molecule has 126 valence electrons. The Bertz CT molecular complexity index is 848. The van der Waals surface area contributed by atoms with E-state index in [1.807, 2.05) is 26.0 Å². The molecule has 0 aromatic heterocycles. The van der Waals surface area contributed by atoms with Crippen LogP contribution in [0.15, 0.2) is 54.6 Å². The first-order valence-electron chi connectivity index (χ1n) is 7.85. The summed E-state index contributed by atoms with van der Waals surface area (Å²) in [6.07, 6.45) is 0. The van der Waals surface area contributed by atoms with E-state index in [2.05, 4.69) is 0 Å². The molecular formula is C18H20N2O3S. The van der Waals surface area contributed by atoms with Crippen LogP contribution in [0, 0.1) is 0 Å². The van der Waals surface area contributed by atoms with Gasteiger partial charge in [0.2, 0.25) is 15.9 Å². The number of hydrogen-bond donors (Lipinski definition) is 0. The van der Waals surface area contributed by atoms with E-state index in [1.54, 1.807) is 47.4 Å². The molecule has 1 aliphatic rings. The van der Waals surface area contributed by atoms with Crippen LogP contribution in [-0.2, 0) is 20.6 Å². The predicted octanol–water partition coefficient (Wildman–Crippen LogP) is 2.78. The molecule has 0 atom stereocenters. The molecule has 24 heavy (non-hydrogen) atoms. The second kappa shape index (κ2) is 6.28. The Balaban J connectivity index is 2.02. The third-order valence-electron chi connectivity index (χ3n) is 4.00. The zero-order valence-electron chi connectivity index (χ0n) is 13.7. The van der Waals surface area contributed by atoms with Gasteiger partial charge in [-0.1, -0.05) is 42.5 Å². The maximum absolute atomic E-state index is 12.9. The molecule has 0 saturated carbocycles. The average Bonchev–Trinajstić information content (AvgIpc) is 2.54. The molecule has 6 heteroatoms. The normalized spacial score (nSPS) is 14.9. The summed E-state index contributed by atoms with van der Waals surface area (Å²) in [6, 6.07) is 16.1. The van der Waals surface area contributed by atoms with Gasteiger partial charge in [0, 0.05) is 6.04 Å². The van der Waals surface area contributed by atoms with Crippen molar-refractivity contribution in [1.29, 1.82) is 0 Å². The van der Waals surface area contributed by atoms with E-state index in [1.165, 1.54) is 4.31 Å². The van der Waals surface area contributed by atoms with E-state index in [4.69, 9.17) is 0 Å². The Kier molecular flexibility index (Phi) is 4.32. The lowest BCUT2D eigenvalue weighted by Gasteiger charge is -2.38. The molecule has 0 spiro atoms. The second-order valence-corrected chi connectivity index (χ2v) is 7.99. The van der Waals surface area contributed by atoms with Gasteiger partial charge in [-0.2, -0.15) is 0 Å². The van der Waals surface area contributed by atoms with Gasteiger partial charge in [0.05, 0.1) is 17.1 Å². The van der Waals surface area contributed by atoms with Crippen molar-refractivity contribution in [3.8, 4) is 0 Å². The standard InChI is InChI=1S/C18H20N2O3S/c1-14(2)20-17-11-7-6-10-16(17)19(12-18(20)21)24(22,23)13-15-8-4-3-5-9-15/h3-11,14H,12-13H2,1-2H3. The van der Waals surface area contributed by atoms with Gasteiger partial charge in [-0.3, -0.25) is 9.10 Å². The van der Waals surface area contributed by atoms with Crippen LogP contribution >= 0.6 is 0 Å². The molecule has 0 aliphatic carbocycles. The molecule has 0 N–H and O–H groups in total. The molecule has 0 radical (unpaired) electrons. The van der Waals surface area contributed by atoms with Crippen molar-refractivity contribution in [3.63, 3.8) is 0 Å². The number of rotatable bonds is 4. The quantitative estimate of drug-likeness (QED) is 0.857. The Labute approximate surface area is 142 Å². The van der Waals surface area contributed by atoms with E-state index in [-0.39, 0.29) is 24.2 Å². The van der Waals surface area contributed by atoms with Gasteiger partial charge in [-0.25, -0.2) is 8.42 Å². The first kappa shape index (κ1) is 16.5. The molecule has 0 unspecified atom stereocenters. The summed E-state index contributed by atoms with van der Waals surface area (Å²) in [5.74, 6) is -0.336. The highest BCUT2D eigenvalue weighted by Gasteiger charge is 2.36. The predicted molar refractivity (Wildman–Crippen MR) is 95.5 cm³/mol. The zero-order valence-corrected chi connectivity index (χ0v) is 14.5. The maximum Gasteiger partial charge on any atom is 0.248 e. The largest absolute Gasteiger partial charge is 0.306 e. The molecular weight excluding hydrogens is 324 g/mol. The average molecular weight is 344 g/mol. The summed E-state index contributed by atoms with van der Waals surface area (Å²) in [7, 11) is -3.65. The van der Waals surface area contributed by atoms with Crippen LogP contribution in [0.3, 0.4) is 0 Å². The summed E-state index contributed by atoms with van der Waals surface area (Å²) < 4.78 is 27.0. The van der Waals surface area contributed by atoms with Gasteiger partial charge in [0.25, 0.3) is 0 Å². The van der Waals surface area contributed by atoms with Gasteiger partial charge in [0.15, 0.2) is 0 Å². The number of hydrogen-bond acceptors (Lipinski definition) is 3. The van der Waals surface area contributed by atoms with Crippen molar-refractivity contribution in [1.82, 2.24) is 0 Å². The van der Waals surface area contributed by atoms with Gasteiger partial charge in [-0.15, -0.1) is 0 Å². The number of benzene rings is 2. The van der Waals surface area contributed by atoms with Crippen molar-refractivity contribution in [2.75, 3.05) is 15.7 Å². The van der Waals surface area contributed by atoms with Gasteiger partial charge in [-0.05, 0) is 31.5 Å². The number of carbonyl (C=O) groups excluding carboxylic acids is 1. The van der Waals surface area contributed by atoms with E-state index in [0.29, 0.717) is 16.9 Å². The van der Waals surface area contributed by atoms with Crippen LogP contribution in [0.25, 0.3) is 0 Å². The van der Waals surface area contributed by atoms with Crippen molar-refractivity contribution >= 4 is 27.3 Å². The van der Waals surface area contributed by atoms with Crippen LogP contribution in [0.2, 0.25) is 0 Å². The Morgan fingerprint density at radius 2 is 1.54 bits per heavy atom. The maximum atomic E-state index is 12.9. The Morgan fingerprint density at radius 3 is 2.17 bits per heavy atom. The fraction of sp³-hybridized carbons (Fsp3) is 0.278. The number of amides is 1. The Morgan fingerprint density at radius 1 is 0.958 bits per heavy atom. The summed E-state index contributed by atoms with van der Waals surface area (Å²) in [5, 5.41) is 0. The minimum atomic E-state index is -3.65. The van der Waals surface area contributed by atoms with E-state index < -0.39 is 10.0 Å². The van der Waals surface area contributed by atoms with Crippen molar-refractivity contribution in [3.05, 3.63) is 60.2 Å². The van der Waals surface area contributed by atoms with Gasteiger partial charge >= 0.3 is 0 Å². The van der Waals surface area contributed by atoms with Crippen LogP contribution in [0.1, 0.15) is 19.4 Å². The molecule has 1 heterocycles. The van der Waals surface area contributed by atoms with Gasteiger partial charge < -0.3 is 4.90 Å². The van der Waals surface area contributed by atoms with Crippen molar-refractivity contribution in [2.45, 2.75) is 25.6 Å². The Hall–Kier alpha value is -2.34. The molecule has 0 fully saturated rings. The molecule has 1 amide bonds. The number of anilines is 2. The summed E-state index contributed by atoms with van der Waals surface area (Å²) in [5.41, 5.74) is 1.90. The lowest BCUT2D eigenvalue weighted by molar-refractivity contribution is -0.117. The fourth-order valence-corrected chi connectivity index (χ4v) is 4.51. The zero-order chi connectivity index (χ0) is 17.3. The monoisotopic (exact) mass is 344 g/mol. The van der Waals surface area contributed by atoms with Crippen molar-refractivity contribution < 1.29 is 13.2 Å². The lowest BCUT2D eigenvalue weighted by atomic mass is 10.1. The highest BCUT2D eigenvalue weighted by molar-refractivity contribution is 7.92. The van der Waals surface area contributed by atoms with Crippen LogP contribution in [0.5, 0.6) is 0 Å². The summed E-state index contributed by atoms with van der Waals surface area (Å²) in [4.78, 5) is 14.2. The molecule has 2 aromatic rings. The number of nitrogens with zero attached hydrogens (tertiary/aromatic N) is 2. The summed E-state index contributed by atoms with van der Waals surface area (Å²) in [6.45, 7) is 3.68. The lowest BCUT2D eigenvalue weighted by Crippen LogP contribution is -2.50. The molecule has 2 aromatic carbocycles. The third-order valence-corrected chi connectivity index (χ3v) is 5.70. The van der Waals surface area contributed by atoms with Crippen LogP contribution in [0.4, 0.5) is 11.4 Å². The number of fused-ring (bicyclic) bond motifs is 1. The van der Waals surface area contributed by atoms with Crippen LogP contribution in [-0.4, -0.2) is 26.9 Å². The van der Waals surface area contributed by atoms with Gasteiger partial charge in [0.1, 0.15) is 6.54 Å². The second-order valence-electron chi connectivity index (χ2n) is 6.09. The molecule has 1 aliphatic heterocycles. The van der Waals surface area contributed by atoms with E-state index in [9.17, 15) is 13.2 Å². The van der Waals surface area contributed by atoms with E-state index >= 15 is 0 Å². The summed E-state index contributed by atoms with van der Waals surface area (Å²) >= 11 is 0. The number of sulfonamides is 1. The first-order valence-corrected chi connectivity index (χ1v) is 9.46. The number of carbonyl (C=O) groups is 1. The minimum absolute atomic E-state index is 0.0300. The molecule has 5 nitrogen and oxygen atoms in total. The van der Waals surface area contributed by atoms with Crippen LogP contribution < -0.4 is 9.21 Å². The SMILES string of the molecule is CC(C)N1C(=O)CN(S(=O)(=O)Cc2ccccc2)c2ccccc21. The fourth-order valence-electron chi connectivity index (χ4n) is 2.97. The van der Waals surface area contributed by atoms with E-state index in [0.717, 1.165) is 0 Å². The molecule has 3 rings (SSSR count). The minimum Gasteiger partial charge on any atom is -0.306 e. The number of para-hydroxylation sites is 2. The third kappa shape index (κ3) is 3.01. The molecule has 0 saturated heterocycles. The molecule has 0 bridgehead atoms. The smallest absolute Gasteiger partial charge is 0.248 e.